The summed E-state index contributed by atoms with van der Waals surface area (Å²) in [5.74, 6) is 0.277. The Kier molecular flexibility index (Phi) is 7.21. The molecule has 0 aromatic heterocycles. The Bertz CT molecular complexity index is 263. The first-order valence-electron chi connectivity index (χ1n) is 7.14. The molecule has 0 aromatic carbocycles. The maximum absolute atomic E-state index is 12.0. The molecule has 0 saturated carbocycles. The number of rotatable bonds is 8. The van der Waals surface area contributed by atoms with E-state index >= 15 is 0 Å². The van der Waals surface area contributed by atoms with E-state index in [0.717, 1.165) is 38.8 Å². The molecule has 0 aliphatic carbocycles. The van der Waals surface area contributed by atoms with Gasteiger partial charge in [0.25, 0.3) is 0 Å². The second-order valence-electron chi connectivity index (χ2n) is 5.30. The molecule has 104 valence electrons. The summed E-state index contributed by atoms with van der Waals surface area (Å²) >= 11 is 0. The van der Waals surface area contributed by atoms with E-state index in [2.05, 4.69) is 25.3 Å². The lowest BCUT2D eigenvalue weighted by atomic mass is 10.0. The minimum absolute atomic E-state index is 0.194. The molecule has 1 unspecified atom stereocenters. The summed E-state index contributed by atoms with van der Waals surface area (Å²) in [5, 5.41) is 0. The lowest BCUT2D eigenvalue weighted by Crippen LogP contribution is -2.48. The van der Waals surface area contributed by atoms with Crippen LogP contribution >= 0.6 is 0 Å². The molecule has 0 amide bonds. The third kappa shape index (κ3) is 5.32. The van der Waals surface area contributed by atoms with Crippen molar-refractivity contribution in [2.75, 3.05) is 19.7 Å². The summed E-state index contributed by atoms with van der Waals surface area (Å²) < 4.78 is 5.59. The fourth-order valence-corrected chi connectivity index (χ4v) is 2.26. The van der Waals surface area contributed by atoms with Crippen molar-refractivity contribution in [3.63, 3.8) is 0 Å². The molecule has 0 bridgehead atoms. The second kappa shape index (κ2) is 8.44. The summed E-state index contributed by atoms with van der Waals surface area (Å²) in [4.78, 5) is 14.4. The van der Waals surface area contributed by atoms with Gasteiger partial charge in [0.2, 0.25) is 0 Å². The molecule has 0 aromatic rings. The number of carbonyl (C=O) groups is 1. The van der Waals surface area contributed by atoms with Gasteiger partial charge in [-0.15, -0.1) is 6.58 Å². The number of allylic oxidation sites excluding steroid dienone is 1. The largest absolute Gasteiger partial charge is 0.368 e. The summed E-state index contributed by atoms with van der Waals surface area (Å²) in [6, 6.07) is 0.497. The van der Waals surface area contributed by atoms with E-state index in [-0.39, 0.29) is 11.9 Å². The normalized spacial score (nSPS) is 21.2. The Morgan fingerprint density at radius 1 is 1.44 bits per heavy atom. The Balaban J connectivity index is 2.22. The zero-order valence-electron chi connectivity index (χ0n) is 11.9. The van der Waals surface area contributed by atoms with Crippen molar-refractivity contribution in [3.8, 4) is 0 Å². The Labute approximate surface area is 111 Å². The summed E-state index contributed by atoms with van der Waals surface area (Å²) in [7, 11) is 0. The van der Waals surface area contributed by atoms with Gasteiger partial charge in [-0.2, -0.15) is 0 Å². The zero-order chi connectivity index (χ0) is 13.4. The molecule has 3 nitrogen and oxygen atoms in total. The Morgan fingerprint density at radius 3 is 2.89 bits per heavy atom. The van der Waals surface area contributed by atoms with Gasteiger partial charge < -0.3 is 4.74 Å². The van der Waals surface area contributed by atoms with Gasteiger partial charge in [0.1, 0.15) is 6.10 Å². The highest BCUT2D eigenvalue weighted by Gasteiger charge is 2.26. The van der Waals surface area contributed by atoms with Crippen LogP contribution in [0.1, 0.15) is 46.0 Å². The number of ketones is 1. The second-order valence-corrected chi connectivity index (χ2v) is 5.30. The SMILES string of the molecule is C=CCCCCCC(=O)C1CN(C(C)C)CCO1. The number of hydrogen-bond donors (Lipinski definition) is 0. The van der Waals surface area contributed by atoms with Crippen LogP contribution in [0.15, 0.2) is 12.7 Å². The van der Waals surface area contributed by atoms with E-state index in [1.54, 1.807) is 0 Å². The molecule has 1 aliphatic rings. The van der Waals surface area contributed by atoms with Crippen LogP contribution in [-0.2, 0) is 9.53 Å². The fraction of sp³-hybridized carbons (Fsp3) is 0.800. The van der Waals surface area contributed by atoms with E-state index in [1.165, 1.54) is 0 Å². The third-order valence-electron chi connectivity index (χ3n) is 3.52. The van der Waals surface area contributed by atoms with Gasteiger partial charge in [0, 0.05) is 25.6 Å². The van der Waals surface area contributed by atoms with Gasteiger partial charge >= 0.3 is 0 Å². The zero-order valence-corrected chi connectivity index (χ0v) is 11.9. The van der Waals surface area contributed by atoms with Crippen molar-refractivity contribution in [1.82, 2.24) is 4.90 Å². The van der Waals surface area contributed by atoms with Crippen LogP contribution in [0.2, 0.25) is 0 Å². The number of carbonyl (C=O) groups excluding carboxylic acids is 1. The number of morpholine rings is 1. The fourth-order valence-electron chi connectivity index (χ4n) is 2.26. The maximum Gasteiger partial charge on any atom is 0.162 e. The van der Waals surface area contributed by atoms with Crippen molar-refractivity contribution in [2.45, 2.75) is 58.1 Å². The van der Waals surface area contributed by atoms with Crippen LogP contribution in [0, 0.1) is 0 Å². The minimum Gasteiger partial charge on any atom is -0.368 e. The Morgan fingerprint density at radius 2 is 2.22 bits per heavy atom. The van der Waals surface area contributed by atoms with Crippen molar-refractivity contribution in [3.05, 3.63) is 12.7 Å². The number of Topliss-reactive ketones (excluding diaryl/α,β-unsaturated/α-hetero) is 1. The van der Waals surface area contributed by atoms with Crippen molar-refractivity contribution in [2.24, 2.45) is 0 Å². The first kappa shape index (κ1) is 15.4. The van der Waals surface area contributed by atoms with Crippen molar-refractivity contribution >= 4 is 5.78 Å². The highest BCUT2D eigenvalue weighted by atomic mass is 16.5. The Hall–Kier alpha value is -0.670. The van der Waals surface area contributed by atoms with Crippen LogP contribution in [0.3, 0.4) is 0 Å². The van der Waals surface area contributed by atoms with E-state index in [9.17, 15) is 4.79 Å². The van der Waals surface area contributed by atoms with Gasteiger partial charge in [0.15, 0.2) is 5.78 Å². The predicted molar refractivity (Wildman–Crippen MR) is 74.7 cm³/mol. The molecule has 1 rings (SSSR count). The first-order valence-corrected chi connectivity index (χ1v) is 7.14. The van der Waals surface area contributed by atoms with Gasteiger partial charge in [-0.1, -0.05) is 12.5 Å². The molecule has 0 spiro atoms. The highest BCUT2D eigenvalue weighted by Crippen LogP contribution is 2.13. The summed E-state index contributed by atoms with van der Waals surface area (Å²) in [6.07, 6.45) is 6.68. The molecule has 0 N–H and O–H groups in total. The van der Waals surface area contributed by atoms with Crippen molar-refractivity contribution < 1.29 is 9.53 Å². The molecular weight excluding hydrogens is 226 g/mol. The molecule has 1 atom stereocenters. The number of ether oxygens (including phenoxy) is 1. The molecule has 1 fully saturated rings. The molecule has 18 heavy (non-hydrogen) atoms. The smallest absolute Gasteiger partial charge is 0.162 e. The standard InChI is InChI=1S/C15H27NO2/c1-4-5-6-7-8-9-14(17)15-12-16(13(2)3)10-11-18-15/h4,13,15H,1,5-12H2,2-3H3. The van der Waals surface area contributed by atoms with Crippen LogP contribution in [0.5, 0.6) is 0 Å². The third-order valence-corrected chi connectivity index (χ3v) is 3.52. The van der Waals surface area contributed by atoms with E-state index in [4.69, 9.17) is 4.74 Å². The predicted octanol–water partition coefficient (Wildman–Crippen LogP) is 2.80. The average Bonchev–Trinajstić information content (AvgIpc) is 2.38. The van der Waals surface area contributed by atoms with Crippen LogP contribution < -0.4 is 0 Å². The van der Waals surface area contributed by atoms with Gasteiger partial charge in [0.05, 0.1) is 6.61 Å². The van der Waals surface area contributed by atoms with Crippen LogP contribution in [0.4, 0.5) is 0 Å². The summed E-state index contributed by atoms with van der Waals surface area (Å²) in [5.41, 5.74) is 0. The maximum atomic E-state index is 12.0. The van der Waals surface area contributed by atoms with E-state index < -0.39 is 0 Å². The molecule has 0 radical (unpaired) electrons. The highest BCUT2D eigenvalue weighted by molar-refractivity contribution is 5.83. The van der Waals surface area contributed by atoms with Crippen molar-refractivity contribution in [1.29, 1.82) is 0 Å². The topological polar surface area (TPSA) is 29.5 Å². The number of hydrogen-bond acceptors (Lipinski definition) is 3. The number of nitrogens with zero attached hydrogens (tertiary/aromatic N) is 1. The van der Waals surface area contributed by atoms with Gasteiger partial charge in [-0.05, 0) is 33.1 Å². The average molecular weight is 253 g/mol. The lowest BCUT2D eigenvalue weighted by molar-refractivity contribution is -0.137. The van der Waals surface area contributed by atoms with Crippen LogP contribution in [-0.4, -0.2) is 42.5 Å². The van der Waals surface area contributed by atoms with Gasteiger partial charge in [-0.3, -0.25) is 9.69 Å². The minimum atomic E-state index is -0.194. The quantitative estimate of drug-likeness (QED) is 0.492. The van der Waals surface area contributed by atoms with E-state index in [0.29, 0.717) is 19.1 Å². The summed E-state index contributed by atoms with van der Waals surface area (Å²) in [6.45, 7) is 10.4. The lowest BCUT2D eigenvalue weighted by Gasteiger charge is -2.34. The van der Waals surface area contributed by atoms with E-state index in [1.807, 2.05) is 6.08 Å². The van der Waals surface area contributed by atoms with Crippen LogP contribution in [0.25, 0.3) is 0 Å². The molecular formula is C15H27NO2. The van der Waals surface area contributed by atoms with Gasteiger partial charge in [-0.25, -0.2) is 0 Å². The molecule has 3 heteroatoms. The monoisotopic (exact) mass is 253 g/mol. The first-order chi connectivity index (χ1) is 8.65. The number of unbranched alkanes of at least 4 members (excludes halogenated alkanes) is 3. The molecule has 1 heterocycles. The molecule has 1 saturated heterocycles. The molecule has 1 aliphatic heterocycles.